The van der Waals surface area contributed by atoms with Gasteiger partial charge in [-0.25, -0.2) is 13.6 Å². The summed E-state index contributed by atoms with van der Waals surface area (Å²) in [4.78, 5) is 12.5. The standard InChI is InChI=1S/C22H29F5N4O3/c1-12-2-5-16(30-20(32)31-18-7-4-14(24)11-28-18)19(29-12)34-17-6-3-13(23)10-15(17)21(8-9-33-21)22(25,26)27/h3,6,10,12,14,16,18-19,28-29H,2,4-5,7-9,11H2,1H3,(H2,30,31,32). The Labute approximate surface area is 194 Å². The minimum atomic E-state index is -4.76. The summed E-state index contributed by atoms with van der Waals surface area (Å²) in [7, 11) is 0. The summed E-state index contributed by atoms with van der Waals surface area (Å²) in [6.07, 6.45) is -5.32. The third-order valence-electron chi connectivity index (χ3n) is 6.59. The summed E-state index contributed by atoms with van der Waals surface area (Å²) in [5.41, 5.74) is -3.06. The molecule has 1 aromatic rings. The van der Waals surface area contributed by atoms with Crippen LogP contribution in [0, 0.1) is 5.82 Å². The first-order valence-electron chi connectivity index (χ1n) is 11.5. The molecule has 190 valence electrons. The summed E-state index contributed by atoms with van der Waals surface area (Å²) in [5, 5.41) is 11.6. The van der Waals surface area contributed by atoms with Crippen molar-refractivity contribution in [3.8, 4) is 5.75 Å². The molecule has 3 aliphatic rings. The normalized spacial score (nSPS) is 34.1. The molecule has 0 aromatic heterocycles. The van der Waals surface area contributed by atoms with Crippen LogP contribution in [0.5, 0.6) is 5.75 Å². The number of piperidine rings is 2. The molecule has 4 N–H and O–H groups in total. The second-order valence-electron chi connectivity index (χ2n) is 9.11. The van der Waals surface area contributed by atoms with Crippen molar-refractivity contribution in [2.45, 2.75) is 81.5 Å². The van der Waals surface area contributed by atoms with Gasteiger partial charge in [-0.1, -0.05) is 0 Å². The van der Waals surface area contributed by atoms with Crippen LogP contribution in [-0.2, 0) is 10.3 Å². The summed E-state index contributed by atoms with van der Waals surface area (Å²) in [6, 6.07) is 1.87. The Hall–Kier alpha value is -2.18. The molecule has 34 heavy (non-hydrogen) atoms. The van der Waals surface area contributed by atoms with Crippen LogP contribution >= 0.6 is 0 Å². The van der Waals surface area contributed by atoms with Gasteiger partial charge in [0, 0.05) is 24.6 Å². The maximum absolute atomic E-state index is 14.0. The monoisotopic (exact) mass is 492 g/mol. The van der Waals surface area contributed by atoms with Gasteiger partial charge < -0.3 is 20.1 Å². The first-order valence-corrected chi connectivity index (χ1v) is 11.5. The lowest BCUT2D eigenvalue weighted by molar-refractivity contribution is -0.334. The van der Waals surface area contributed by atoms with Crippen LogP contribution in [0.1, 0.15) is 44.6 Å². The van der Waals surface area contributed by atoms with E-state index in [1.807, 2.05) is 6.92 Å². The Morgan fingerprint density at radius 2 is 1.97 bits per heavy atom. The van der Waals surface area contributed by atoms with Gasteiger partial charge in [-0.3, -0.25) is 10.6 Å². The molecule has 0 aliphatic carbocycles. The molecule has 7 nitrogen and oxygen atoms in total. The molecule has 0 radical (unpaired) electrons. The zero-order valence-electron chi connectivity index (χ0n) is 18.7. The average molecular weight is 492 g/mol. The van der Waals surface area contributed by atoms with E-state index >= 15 is 0 Å². The van der Waals surface area contributed by atoms with Crippen molar-refractivity contribution in [3.05, 3.63) is 29.6 Å². The van der Waals surface area contributed by atoms with E-state index in [0.717, 1.165) is 18.2 Å². The van der Waals surface area contributed by atoms with E-state index in [4.69, 9.17) is 9.47 Å². The summed E-state index contributed by atoms with van der Waals surface area (Å²) >= 11 is 0. The zero-order chi connectivity index (χ0) is 24.5. The third-order valence-corrected chi connectivity index (χ3v) is 6.59. The predicted octanol–water partition coefficient (Wildman–Crippen LogP) is 3.20. The van der Waals surface area contributed by atoms with E-state index in [1.165, 1.54) is 0 Å². The fraction of sp³-hybridized carbons (Fsp3) is 0.682. The van der Waals surface area contributed by atoms with Crippen molar-refractivity contribution < 1.29 is 36.2 Å². The number of halogens is 5. The molecule has 0 bridgehead atoms. The van der Waals surface area contributed by atoms with Crippen LogP contribution in [0.25, 0.3) is 0 Å². The van der Waals surface area contributed by atoms with E-state index in [-0.39, 0.29) is 37.5 Å². The fourth-order valence-corrected chi connectivity index (χ4v) is 4.59. The van der Waals surface area contributed by atoms with E-state index in [9.17, 15) is 26.7 Å². The van der Waals surface area contributed by atoms with Gasteiger partial charge in [-0.05, 0) is 50.8 Å². The van der Waals surface area contributed by atoms with Crippen LogP contribution < -0.4 is 26.0 Å². The van der Waals surface area contributed by atoms with Crippen LogP contribution in [0.3, 0.4) is 0 Å². The molecule has 3 fully saturated rings. The maximum atomic E-state index is 14.0. The molecule has 0 saturated carbocycles. The van der Waals surface area contributed by atoms with Crippen LogP contribution in [-0.4, -0.2) is 56.0 Å². The number of urea groups is 1. The quantitative estimate of drug-likeness (QED) is 0.475. The second kappa shape index (κ2) is 9.82. The molecule has 4 rings (SSSR count). The van der Waals surface area contributed by atoms with E-state index in [1.54, 1.807) is 0 Å². The van der Waals surface area contributed by atoms with Crippen molar-refractivity contribution in [2.24, 2.45) is 0 Å². The first kappa shape index (κ1) is 24.9. The molecule has 6 unspecified atom stereocenters. The largest absolute Gasteiger partial charge is 0.473 e. The first-order chi connectivity index (χ1) is 16.1. The van der Waals surface area contributed by atoms with Crippen molar-refractivity contribution in [3.63, 3.8) is 0 Å². The minimum absolute atomic E-state index is 0.0203. The number of carbonyl (C=O) groups excluding carboxylic acids is 1. The van der Waals surface area contributed by atoms with Gasteiger partial charge in [0.05, 0.1) is 18.8 Å². The van der Waals surface area contributed by atoms with E-state index in [0.29, 0.717) is 25.7 Å². The Morgan fingerprint density at radius 3 is 2.59 bits per heavy atom. The SMILES string of the molecule is CC1CCC(NC(=O)NC2CCC(F)CN2)C(Oc2ccc(F)cc2C2(C(F)(F)F)CCO2)N1. The fourth-order valence-electron chi connectivity index (χ4n) is 4.59. The molecule has 0 spiro atoms. The molecular formula is C22H29F5N4O3. The number of hydrogen-bond donors (Lipinski definition) is 4. The molecule has 2 amide bonds. The van der Waals surface area contributed by atoms with Crippen LogP contribution in [0.2, 0.25) is 0 Å². The number of amides is 2. The van der Waals surface area contributed by atoms with Crippen molar-refractivity contribution in [1.29, 1.82) is 0 Å². The van der Waals surface area contributed by atoms with Gasteiger partial charge in [0.25, 0.3) is 0 Å². The highest BCUT2D eigenvalue weighted by Crippen LogP contribution is 2.53. The number of hydrogen-bond acceptors (Lipinski definition) is 5. The number of alkyl halides is 4. The second-order valence-corrected chi connectivity index (χ2v) is 9.11. The number of benzene rings is 1. The topological polar surface area (TPSA) is 83.7 Å². The Kier molecular flexibility index (Phi) is 7.20. The molecular weight excluding hydrogens is 463 g/mol. The van der Waals surface area contributed by atoms with Gasteiger partial charge in [0.15, 0.2) is 11.8 Å². The van der Waals surface area contributed by atoms with Crippen molar-refractivity contribution in [2.75, 3.05) is 13.2 Å². The Balaban J connectivity index is 1.49. The maximum Gasteiger partial charge on any atom is 0.421 e. The van der Waals surface area contributed by atoms with Crippen LogP contribution in [0.15, 0.2) is 18.2 Å². The number of nitrogens with one attached hydrogen (secondary N) is 4. The number of ether oxygens (including phenoxy) is 2. The number of carbonyl (C=O) groups is 1. The van der Waals surface area contributed by atoms with Gasteiger partial charge in [-0.15, -0.1) is 0 Å². The number of rotatable bonds is 5. The van der Waals surface area contributed by atoms with Gasteiger partial charge in [-0.2, -0.15) is 13.2 Å². The smallest absolute Gasteiger partial charge is 0.421 e. The highest BCUT2D eigenvalue weighted by molar-refractivity contribution is 5.74. The average Bonchev–Trinajstić information content (AvgIpc) is 2.71. The lowest BCUT2D eigenvalue weighted by Gasteiger charge is -2.44. The Bertz CT molecular complexity index is 875. The zero-order valence-corrected chi connectivity index (χ0v) is 18.7. The lowest BCUT2D eigenvalue weighted by atomic mass is 9.85. The Morgan fingerprint density at radius 1 is 1.21 bits per heavy atom. The van der Waals surface area contributed by atoms with Gasteiger partial charge >= 0.3 is 12.2 Å². The molecule has 1 aromatic carbocycles. The third kappa shape index (κ3) is 5.23. The molecule has 3 saturated heterocycles. The van der Waals surface area contributed by atoms with Crippen LogP contribution in [0.4, 0.5) is 26.7 Å². The summed E-state index contributed by atoms with van der Waals surface area (Å²) in [5.74, 6) is -1.00. The summed E-state index contributed by atoms with van der Waals surface area (Å²) < 4.78 is 79.8. The molecule has 3 aliphatic heterocycles. The summed E-state index contributed by atoms with van der Waals surface area (Å²) in [6.45, 7) is 1.94. The molecule has 12 heteroatoms. The van der Waals surface area contributed by atoms with Crippen molar-refractivity contribution in [1.82, 2.24) is 21.3 Å². The van der Waals surface area contributed by atoms with Crippen molar-refractivity contribution >= 4 is 6.03 Å². The van der Waals surface area contributed by atoms with Gasteiger partial charge in [0.2, 0.25) is 0 Å². The highest BCUT2D eigenvalue weighted by atomic mass is 19.4. The van der Waals surface area contributed by atoms with Gasteiger partial charge in [0.1, 0.15) is 17.7 Å². The molecule has 3 heterocycles. The molecule has 6 atom stereocenters. The van der Waals surface area contributed by atoms with E-state index < -0.39 is 47.6 Å². The minimum Gasteiger partial charge on any atom is -0.473 e. The highest BCUT2D eigenvalue weighted by Gasteiger charge is 2.62. The van der Waals surface area contributed by atoms with E-state index in [2.05, 4.69) is 21.3 Å². The predicted molar refractivity (Wildman–Crippen MR) is 112 cm³/mol. The lowest BCUT2D eigenvalue weighted by Crippen LogP contribution is -2.62.